The molecule has 1 unspecified atom stereocenters. The number of rotatable bonds is 7. The van der Waals surface area contributed by atoms with E-state index in [1.165, 1.54) is 19.2 Å². The fraction of sp³-hybridized carbons (Fsp3) is 0.312. The molecule has 1 aromatic heterocycles. The molecule has 1 aromatic carbocycles. The van der Waals surface area contributed by atoms with Crippen molar-refractivity contribution in [1.29, 1.82) is 0 Å². The highest BCUT2D eigenvalue weighted by Gasteiger charge is 2.24. The maximum atomic E-state index is 12.4. The van der Waals surface area contributed by atoms with Crippen molar-refractivity contribution in [2.24, 2.45) is 0 Å². The molecule has 0 aliphatic carbocycles. The van der Waals surface area contributed by atoms with Crippen molar-refractivity contribution < 1.29 is 23.1 Å². The highest BCUT2D eigenvalue weighted by atomic mass is 32.2. The summed E-state index contributed by atoms with van der Waals surface area (Å²) < 4.78 is 25.8. The van der Waals surface area contributed by atoms with Crippen LogP contribution < -0.4 is 5.32 Å². The Labute approximate surface area is 155 Å². The number of amides is 1. The molecule has 8 nitrogen and oxygen atoms in total. The van der Waals surface area contributed by atoms with Crippen LogP contribution in [0, 0.1) is 6.92 Å². The van der Waals surface area contributed by atoms with Crippen LogP contribution in [0.25, 0.3) is 0 Å². The Morgan fingerprint density at radius 1 is 1.31 bits per heavy atom. The first-order valence-corrected chi connectivity index (χ1v) is 9.90. The van der Waals surface area contributed by atoms with Gasteiger partial charge in [0.2, 0.25) is 15.9 Å². The van der Waals surface area contributed by atoms with E-state index in [0.29, 0.717) is 10.7 Å². The van der Waals surface area contributed by atoms with Crippen LogP contribution in [0.2, 0.25) is 0 Å². The number of carbonyl (C=O) groups excluding carboxylic acids is 1. The van der Waals surface area contributed by atoms with E-state index in [9.17, 15) is 18.0 Å². The van der Waals surface area contributed by atoms with Gasteiger partial charge in [-0.3, -0.25) is 4.79 Å². The van der Waals surface area contributed by atoms with Gasteiger partial charge < -0.3 is 10.4 Å². The molecule has 0 aliphatic heterocycles. The highest BCUT2D eigenvalue weighted by Crippen LogP contribution is 2.23. The van der Waals surface area contributed by atoms with Gasteiger partial charge in [-0.2, -0.15) is 4.31 Å². The zero-order valence-corrected chi connectivity index (χ0v) is 16.1. The van der Waals surface area contributed by atoms with E-state index < -0.39 is 27.9 Å². The summed E-state index contributed by atoms with van der Waals surface area (Å²) in [5.41, 5.74) is 0.377. The van der Waals surface area contributed by atoms with Gasteiger partial charge in [0.05, 0.1) is 23.2 Å². The second-order valence-corrected chi connectivity index (χ2v) is 8.71. The number of likely N-dealkylation sites (N-methyl/N-ethyl adjacent to an activating group) is 1. The number of hydrogen-bond acceptors (Lipinski definition) is 6. The smallest absolute Gasteiger partial charge is 0.347 e. The minimum atomic E-state index is -3.77. The molecule has 0 spiro atoms. The number of aromatic nitrogens is 1. The van der Waals surface area contributed by atoms with Gasteiger partial charge in [0.1, 0.15) is 9.88 Å². The second-order valence-electron chi connectivity index (χ2n) is 5.64. The lowest BCUT2D eigenvalue weighted by atomic mass is 10.3. The number of aromatic carboxylic acids is 1. The van der Waals surface area contributed by atoms with Crippen molar-refractivity contribution in [1.82, 2.24) is 14.6 Å². The summed E-state index contributed by atoms with van der Waals surface area (Å²) in [6, 6.07) is 7.29. The van der Waals surface area contributed by atoms with Crippen molar-refractivity contribution in [3.63, 3.8) is 0 Å². The van der Waals surface area contributed by atoms with Crippen LogP contribution in [-0.4, -0.2) is 48.3 Å². The molecule has 0 radical (unpaired) electrons. The molecule has 140 valence electrons. The number of nitrogens with zero attached hydrogens (tertiary/aromatic N) is 2. The number of carboxylic acid groups (broad SMARTS) is 1. The SMILES string of the molecule is Cc1nc(C(C)NC(=O)CN(C)S(=O)(=O)c2ccccc2)sc1C(=O)O. The molecule has 1 heterocycles. The Kier molecular flexibility index (Phi) is 6.11. The lowest BCUT2D eigenvalue weighted by molar-refractivity contribution is -0.121. The summed E-state index contributed by atoms with van der Waals surface area (Å²) in [5, 5.41) is 12.2. The average Bonchev–Trinajstić information content (AvgIpc) is 2.97. The van der Waals surface area contributed by atoms with E-state index in [0.717, 1.165) is 15.6 Å². The summed E-state index contributed by atoms with van der Waals surface area (Å²) in [6.07, 6.45) is 0. The van der Waals surface area contributed by atoms with Gasteiger partial charge in [0, 0.05) is 7.05 Å². The van der Waals surface area contributed by atoms with Gasteiger partial charge in [-0.1, -0.05) is 18.2 Å². The van der Waals surface area contributed by atoms with Crippen LogP contribution in [0.15, 0.2) is 35.2 Å². The largest absolute Gasteiger partial charge is 0.477 e. The number of carboxylic acids is 1. The first-order valence-electron chi connectivity index (χ1n) is 7.64. The number of hydrogen-bond donors (Lipinski definition) is 2. The molecule has 2 rings (SSSR count). The standard InChI is InChI=1S/C16H19N3O5S2/c1-10-14(16(21)22)25-15(18-10)11(2)17-13(20)9-19(3)26(23,24)12-7-5-4-6-8-12/h4-8,11H,9H2,1-3H3,(H,17,20)(H,21,22). The summed E-state index contributed by atoms with van der Waals surface area (Å²) >= 11 is 0.982. The molecule has 26 heavy (non-hydrogen) atoms. The van der Waals surface area contributed by atoms with Crippen LogP contribution in [-0.2, 0) is 14.8 Å². The van der Waals surface area contributed by atoms with E-state index in [1.54, 1.807) is 32.0 Å². The van der Waals surface area contributed by atoms with Crippen molar-refractivity contribution in [3.05, 3.63) is 45.9 Å². The Hall–Kier alpha value is -2.30. The second kappa shape index (κ2) is 7.94. The zero-order chi connectivity index (χ0) is 19.5. The first-order chi connectivity index (χ1) is 12.1. The van der Waals surface area contributed by atoms with Crippen molar-refractivity contribution in [3.8, 4) is 0 Å². The molecule has 1 atom stereocenters. The molecule has 0 saturated carbocycles. The maximum Gasteiger partial charge on any atom is 0.347 e. The zero-order valence-electron chi connectivity index (χ0n) is 14.5. The molecule has 0 fully saturated rings. The predicted octanol–water partition coefficient (Wildman–Crippen LogP) is 1.65. The Bertz CT molecular complexity index is 909. The third-order valence-corrected chi connectivity index (χ3v) is 6.72. The third kappa shape index (κ3) is 4.45. The monoisotopic (exact) mass is 397 g/mol. The molecular formula is C16H19N3O5S2. The molecule has 0 bridgehead atoms. The summed E-state index contributed by atoms with van der Waals surface area (Å²) in [5.74, 6) is -1.58. The fourth-order valence-electron chi connectivity index (χ4n) is 2.21. The van der Waals surface area contributed by atoms with E-state index in [2.05, 4.69) is 10.3 Å². The molecule has 1 amide bonds. The van der Waals surface area contributed by atoms with Crippen LogP contribution in [0.1, 0.15) is 33.3 Å². The number of benzene rings is 1. The summed E-state index contributed by atoms with van der Waals surface area (Å²) in [4.78, 5) is 27.6. The number of sulfonamides is 1. The number of nitrogens with one attached hydrogen (secondary N) is 1. The van der Waals surface area contributed by atoms with Gasteiger partial charge in [-0.15, -0.1) is 11.3 Å². The molecule has 0 aliphatic rings. The number of thiazole rings is 1. The predicted molar refractivity (Wildman–Crippen MR) is 96.6 cm³/mol. The Balaban J connectivity index is 2.04. The van der Waals surface area contributed by atoms with E-state index >= 15 is 0 Å². The van der Waals surface area contributed by atoms with Gasteiger partial charge in [-0.05, 0) is 26.0 Å². The molecular weight excluding hydrogens is 378 g/mol. The quantitative estimate of drug-likeness (QED) is 0.734. The lowest BCUT2D eigenvalue weighted by Crippen LogP contribution is -2.39. The minimum Gasteiger partial charge on any atom is -0.477 e. The van der Waals surface area contributed by atoms with Gasteiger partial charge in [0.15, 0.2) is 0 Å². The van der Waals surface area contributed by atoms with E-state index in [-0.39, 0.29) is 16.3 Å². The summed E-state index contributed by atoms with van der Waals surface area (Å²) in [6.45, 7) is 2.88. The topological polar surface area (TPSA) is 117 Å². The first kappa shape index (κ1) is 20.0. The Morgan fingerprint density at radius 2 is 1.92 bits per heavy atom. The van der Waals surface area contributed by atoms with Crippen LogP contribution in [0.3, 0.4) is 0 Å². The third-order valence-electron chi connectivity index (χ3n) is 3.57. The highest BCUT2D eigenvalue weighted by molar-refractivity contribution is 7.89. The van der Waals surface area contributed by atoms with E-state index in [1.807, 2.05) is 0 Å². The van der Waals surface area contributed by atoms with Crippen LogP contribution >= 0.6 is 11.3 Å². The van der Waals surface area contributed by atoms with Crippen molar-refractivity contribution >= 4 is 33.2 Å². The van der Waals surface area contributed by atoms with Crippen LogP contribution in [0.5, 0.6) is 0 Å². The van der Waals surface area contributed by atoms with Gasteiger partial charge >= 0.3 is 5.97 Å². The number of aryl methyl sites for hydroxylation is 1. The normalized spacial score (nSPS) is 12.8. The van der Waals surface area contributed by atoms with Gasteiger partial charge in [0.25, 0.3) is 0 Å². The van der Waals surface area contributed by atoms with Gasteiger partial charge in [-0.25, -0.2) is 18.2 Å². The molecule has 2 aromatic rings. The fourth-order valence-corrected chi connectivity index (χ4v) is 4.27. The number of carbonyl (C=O) groups is 2. The summed E-state index contributed by atoms with van der Waals surface area (Å²) in [7, 11) is -2.44. The van der Waals surface area contributed by atoms with Crippen molar-refractivity contribution in [2.45, 2.75) is 24.8 Å². The van der Waals surface area contributed by atoms with E-state index in [4.69, 9.17) is 5.11 Å². The molecule has 10 heteroatoms. The van der Waals surface area contributed by atoms with Crippen molar-refractivity contribution in [2.75, 3.05) is 13.6 Å². The lowest BCUT2D eigenvalue weighted by Gasteiger charge is -2.18. The average molecular weight is 397 g/mol. The van der Waals surface area contributed by atoms with Crippen LogP contribution in [0.4, 0.5) is 0 Å². The molecule has 0 saturated heterocycles. The minimum absolute atomic E-state index is 0.102. The maximum absolute atomic E-state index is 12.4. The molecule has 2 N–H and O–H groups in total. The Morgan fingerprint density at radius 3 is 2.46 bits per heavy atom.